The molecule has 1 aromatic carbocycles. The lowest BCUT2D eigenvalue weighted by atomic mass is 10.0. The molecule has 0 saturated carbocycles. The number of hydrogen-bond acceptors (Lipinski definition) is 6. The highest BCUT2D eigenvalue weighted by molar-refractivity contribution is 14.1. The summed E-state index contributed by atoms with van der Waals surface area (Å²) < 4.78 is 34.8. The number of carbonyl (C=O) groups excluding carboxylic acids is 2. The van der Waals surface area contributed by atoms with Gasteiger partial charge in [0.15, 0.2) is 15.2 Å². The molecular formula is C25H25F2IN6O3. The van der Waals surface area contributed by atoms with E-state index in [-0.39, 0.29) is 25.4 Å². The molecule has 1 fully saturated rings. The monoisotopic (exact) mass is 622 g/mol. The number of nitrogens with zero attached hydrogens (tertiary/aromatic N) is 5. The van der Waals surface area contributed by atoms with E-state index in [4.69, 9.17) is 4.74 Å². The Morgan fingerprint density at radius 3 is 2.73 bits per heavy atom. The molecule has 3 aromatic rings. The van der Waals surface area contributed by atoms with E-state index in [1.165, 1.54) is 12.3 Å². The zero-order valence-corrected chi connectivity index (χ0v) is 22.2. The van der Waals surface area contributed by atoms with Gasteiger partial charge in [-0.15, -0.1) is 0 Å². The molecule has 1 N–H and O–H groups in total. The second kappa shape index (κ2) is 10.2. The van der Waals surface area contributed by atoms with Crippen LogP contribution in [0.2, 0.25) is 0 Å². The number of carbonyl (C=O) groups is 2. The highest BCUT2D eigenvalue weighted by atomic mass is 127. The Labute approximate surface area is 225 Å². The molecule has 9 nitrogen and oxygen atoms in total. The van der Waals surface area contributed by atoms with Crippen LogP contribution in [0.15, 0.2) is 42.6 Å². The quantitative estimate of drug-likeness (QED) is 0.254. The first kappa shape index (κ1) is 25.4. The Morgan fingerprint density at radius 1 is 1.19 bits per heavy atom. The van der Waals surface area contributed by atoms with Crippen LogP contribution in [0, 0.1) is 5.82 Å². The molecule has 2 amide bonds. The van der Waals surface area contributed by atoms with E-state index in [0.29, 0.717) is 54.4 Å². The second-order valence-electron chi connectivity index (χ2n) is 8.88. The molecule has 0 aliphatic carbocycles. The number of alkyl halides is 2. The first-order chi connectivity index (χ1) is 17.8. The van der Waals surface area contributed by atoms with Crippen LogP contribution in [0.25, 0.3) is 11.1 Å². The lowest BCUT2D eigenvalue weighted by Crippen LogP contribution is -2.41. The van der Waals surface area contributed by atoms with Gasteiger partial charge in [0.25, 0.3) is 0 Å². The van der Waals surface area contributed by atoms with Gasteiger partial charge >= 0.3 is 12.0 Å². The molecule has 1 unspecified atom stereocenters. The Bertz CT molecular complexity index is 1350. The Morgan fingerprint density at radius 2 is 2.00 bits per heavy atom. The summed E-state index contributed by atoms with van der Waals surface area (Å²) in [7, 11) is 0. The molecule has 5 rings (SSSR count). The average molecular weight is 622 g/mol. The van der Waals surface area contributed by atoms with Crippen molar-refractivity contribution in [2.45, 2.75) is 30.1 Å². The molecule has 0 radical (unpaired) electrons. The molecule has 37 heavy (non-hydrogen) atoms. The number of halogens is 3. The number of ether oxygens (including phenoxy) is 1. The minimum Gasteiger partial charge on any atom is -0.461 e. The van der Waals surface area contributed by atoms with Crippen molar-refractivity contribution in [1.29, 1.82) is 0 Å². The largest absolute Gasteiger partial charge is 0.461 e. The highest BCUT2D eigenvalue weighted by Gasteiger charge is 2.38. The lowest BCUT2D eigenvalue weighted by Gasteiger charge is -2.29. The number of nitrogens with one attached hydrogen (secondary N) is 1. The molecule has 1 atom stereocenters. The van der Waals surface area contributed by atoms with Gasteiger partial charge in [0.1, 0.15) is 5.82 Å². The summed E-state index contributed by atoms with van der Waals surface area (Å²) in [6.45, 7) is 3.43. The van der Waals surface area contributed by atoms with Gasteiger partial charge in [-0.2, -0.15) is 5.10 Å². The predicted octanol–water partition coefficient (Wildman–Crippen LogP) is 4.62. The molecule has 1 saturated heterocycles. The van der Waals surface area contributed by atoms with Crippen molar-refractivity contribution in [2.75, 3.05) is 36.5 Å². The molecule has 0 spiro atoms. The number of fused-ring (bicyclic) bond motifs is 1. The zero-order chi connectivity index (χ0) is 26.2. The number of aromatic nitrogens is 3. The summed E-state index contributed by atoms with van der Waals surface area (Å²) in [5.74, 6) is -0.574. The van der Waals surface area contributed by atoms with Gasteiger partial charge < -0.3 is 19.9 Å². The van der Waals surface area contributed by atoms with Gasteiger partial charge in [-0.1, -0.05) is 18.2 Å². The molecule has 2 aliphatic heterocycles. The Hall–Kier alpha value is -3.29. The fourth-order valence-corrected chi connectivity index (χ4v) is 5.22. The number of anilines is 2. The van der Waals surface area contributed by atoms with E-state index in [1.54, 1.807) is 74.3 Å². The number of rotatable bonds is 5. The van der Waals surface area contributed by atoms with Crippen molar-refractivity contribution in [3.63, 3.8) is 0 Å². The fraction of sp³-hybridized carbons (Fsp3) is 0.360. The van der Waals surface area contributed by atoms with Gasteiger partial charge in [-0.25, -0.2) is 23.4 Å². The first-order valence-electron chi connectivity index (χ1n) is 11.9. The first-order valence-corrected chi connectivity index (χ1v) is 13.0. The molecule has 0 bridgehead atoms. The molecular weight excluding hydrogens is 597 g/mol. The van der Waals surface area contributed by atoms with Gasteiger partial charge in [0.05, 0.1) is 37.6 Å². The Balaban J connectivity index is 1.45. The van der Waals surface area contributed by atoms with E-state index >= 15 is 0 Å². The van der Waals surface area contributed by atoms with Crippen LogP contribution in [0.5, 0.6) is 0 Å². The maximum absolute atomic E-state index is 14.8. The molecule has 12 heteroatoms. The smallest absolute Gasteiger partial charge is 0.358 e. The molecule has 4 heterocycles. The third-order valence-corrected chi connectivity index (χ3v) is 7.25. The van der Waals surface area contributed by atoms with Crippen LogP contribution in [-0.4, -0.2) is 61.6 Å². The normalized spacial score (nSPS) is 19.0. The van der Waals surface area contributed by atoms with E-state index in [2.05, 4.69) is 15.4 Å². The number of esters is 1. The van der Waals surface area contributed by atoms with Gasteiger partial charge in [-0.05, 0) is 47.7 Å². The fourth-order valence-electron chi connectivity index (χ4n) is 4.56. The standard InChI is InChI=1S/C25H25F2IN6O3/c1-2-37-23(35)20-13-16-14-32(11-12-34(16)31-20)24(36)30-21-18(17-5-3-4-6-19(17)26)7-9-29-22(21)33-10-8-25(27,28)15-33/h3-7,9,13H,2,8,10-12,14-15H2,1H3,(H,30,36). The topological polar surface area (TPSA) is 92.6 Å². The van der Waals surface area contributed by atoms with Crippen molar-refractivity contribution in [3.8, 4) is 11.1 Å². The van der Waals surface area contributed by atoms with Crippen molar-refractivity contribution in [1.82, 2.24) is 19.7 Å². The van der Waals surface area contributed by atoms with E-state index in [9.17, 15) is 18.4 Å². The summed E-state index contributed by atoms with van der Waals surface area (Å²) >= 11 is 1.79. The number of pyridine rings is 1. The number of benzene rings is 1. The summed E-state index contributed by atoms with van der Waals surface area (Å²) in [6.07, 6.45) is 1.85. The van der Waals surface area contributed by atoms with Crippen LogP contribution in [0.1, 0.15) is 29.5 Å². The second-order valence-corrected chi connectivity index (χ2v) is 10.8. The third kappa shape index (κ3) is 5.24. The van der Waals surface area contributed by atoms with Crippen molar-refractivity contribution in [2.24, 2.45) is 0 Å². The van der Waals surface area contributed by atoms with E-state index < -0.39 is 21.5 Å². The van der Waals surface area contributed by atoms with Gasteiger partial charge in [0, 0.05) is 36.8 Å². The van der Waals surface area contributed by atoms with Gasteiger partial charge in [-0.3, -0.25) is 4.68 Å². The number of hydrogen-bond donors (Lipinski definition) is 1. The van der Waals surface area contributed by atoms with Crippen molar-refractivity contribution < 1.29 is 23.1 Å². The zero-order valence-electron chi connectivity index (χ0n) is 20.1. The van der Waals surface area contributed by atoms with Gasteiger partial charge in [0.2, 0.25) is 0 Å². The molecule has 2 aliphatic rings. The molecule has 2 aromatic heterocycles. The van der Waals surface area contributed by atoms with Crippen LogP contribution < -0.4 is 10.2 Å². The summed E-state index contributed by atoms with van der Waals surface area (Å²) in [5.41, 5.74) is 1.96. The highest BCUT2D eigenvalue weighted by Crippen LogP contribution is 2.41. The lowest BCUT2D eigenvalue weighted by molar-refractivity contribution is 0.0518. The minimum absolute atomic E-state index is 0.101. The van der Waals surface area contributed by atoms with Crippen LogP contribution >= 0.6 is 22.6 Å². The third-order valence-electron chi connectivity index (χ3n) is 6.37. The summed E-state index contributed by atoms with van der Waals surface area (Å²) in [4.78, 5) is 33.3. The van der Waals surface area contributed by atoms with Crippen molar-refractivity contribution in [3.05, 3.63) is 59.8 Å². The minimum atomic E-state index is -1.42. The van der Waals surface area contributed by atoms with E-state index in [0.717, 1.165) is 0 Å². The van der Waals surface area contributed by atoms with E-state index in [1.807, 2.05) is 0 Å². The van der Waals surface area contributed by atoms with Crippen LogP contribution in [0.4, 0.5) is 25.1 Å². The Kier molecular flexibility index (Phi) is 7.01. The maximum Gasteiger partial charge on any atom is 0.358 e. The predicted molar refractivity (Wildman–Crippen MR) is 142 cm³/mol. The number of urea groups is 1. The van der Waals surface area contributed by atoms with Crippen molar-refractivity contribution >= 4 is 46.1 Å². The summed E-state index contributed by atoms with van der Waals surface area (Å²) in [5, 5.41) is 7.21. The van der Waals surface area contributed by atoms with Crippen LogP contribution in [0.3, 0.4) is 0 Å². The SMILES string of the molecule is CCOC(=O)c1cc2n(n1)CCN(C(=O)Nc1c(-c3ccccc3F)ccnc1N1CCC(F)(I)C1)C2. The maximum atomic E-state index is 14.8. The summed E-state index contributed by atoms with van der Waals surface area (Å²) in [6, 6.07) is 9.11. The average Bonchev–Trinajstić information content (AvgIpc) is 3.47. The van der Waals surface area contributed by atoms with Crippen LogP contribution in [-0.2, 0) is 17.8 Å². The molecule has 194 valence electrons. The number of amides is 2.